The molecule has 10 unspecified atom stereocenters. The van der Waals surface area contributed by atoms with E-state index in [2.05, 4.69) is 6.92 Å². The second-order valence-electron chi connectivity index (χ2n) is 12.1. The maximum absolute atomic E-state index is 12.9. The Kier molecular flexibility index (Phi) is 5.36. The molecule has 1 spiro atoms. The quantitative estimate of drug-likeness (QED) is 0.366. The van der Waals surface area contributed by atoms with E-state index in [0.717, 1.165) is 11.8 Å². The fraction of sp³-hybridized carbons (Fsp3) is 0.714. The topological polar surface area (TPSA) is 133 Å². The Morgan fingerprint density at radius 3 is 2.43 bits per heavy atom. The van der Waals surface area contributed by atoms with Crippen molar-refractivity contribution in [2.24, 2.45) is 22.7 Å². The van der Waals surface area contributed by atoms with Gasteiger partial charge in [-0.3, -0.25) is 9.59 Å². The van der Waals surface area contributed by atoms with Crippen LogP contribution in [0.15, 0.2) is 27.6 Å². The number of rotatable bonds is 4. The molecule has 1 aromatic heterocycles. The third-order valence-electron chi connectivity index (χ3n) is 10.7. The molecule has 1 aromatic rings. The van der Waals surface area contributed by atoms with E-state index < -0.39 is 45.8 Å². The first-order chi connectivity index (χ1) is 17.5. The lowest BCUT2D eigenvalue weighted by atomic mass is 9.42. The van der Waals surface area contributed by atoms with Gasteiger partial charge in [0.2, 0.25) is 0 Å². The predicted octanol–water partition coefficient (Wildman–Crippen LogP) is 2.66. The van der Waals surface area contributed by atoms with Gasteiger partial charge in [0.05, 0.1) is 17.3 Å². The standard InChI is InChI=1S/C28H34O9/c1-15(30)35-18-6-10-26(14-29)19-7-9-25(3)22(17-4-5-21(32)34-13-17)23(36-16(2)31)24-28(25,37-24)20(19)8-11-27(26,33)12-18/h4-5,13-14,18-20,22-24,33H,6-12H2,1-3H3. The van der Waals surface area contributed by atoms with Crippen molar-refractivity contribution in [1.82, 2.24) is 0 Å². The van der Waals surface area contributed by atoms with Gasteiger partial charge in [0.1, 0.15) is 30.2 Å². The number of aldehydes is 1. The van der Waals surface area contributed by atoms with Crippen LogP contribution in [0.2, 0.25) is 0 Å². The smallest absolute Gasteiger partial charge is 0.335 e. The van der Waals surface area contributed by atoms with Crippen LogP contribution >= 0.6 is 0 Å². The first kappa shape index (κ1) is 24.8. The minimum Gasteiger partial charge on any atom is -0.462 e. The Morgan fingerprint density at radius 2 is 1.78 bits per heavy atom. The van der Waals surface area contributed by atoms with Crippen LogP contribution in [0.1, 0.15) is 77.2 Å². The molecule has 5 fully saturated rings. The molecular weight excluding hydrogens is 480 g/mol. The molecule has 0 bridgehead atoms. The third-order valence-corrected chi connectivity index (χ3v) is 10.7. The molecule has 37 heavy (non-hydrogen) atoms. The number of fused-ring (bicyclic) bond motifs is 3. The summed E-state index contributed by atoms with van der Waals surface area (Å²) >= 11 is 0. The van der Waals surface area contributed by atoms with Crippen LogP contribution in [-0.2, 0) is 28.6 Å². The van der Waals surface area contributed by atoms with Gasteiger partial charge in [0.25, 0.3) is 0 Å². The van der Waals surface area contributed by atoms with E-state index in [9.17, 15) is 24.3 Å². The van der Waals surface area contributed by atoms with E-state index in [1.165, 1.54) is 26.2 Å². The zero-order valence-electron chi connectivity index (χ0n) is 21.4. The van der Waals surface area contributed by atoms with Crippen molar-refractivity contribution in [2.75, 3.05) is 0 Å². The minimum atomic E-state index is -1.25. The van der Waals surface area contributed by atoms with E-state index in [1.807, 2.05) is 0 Å². The summed E-state index contributed by atoms with van der Waals surface area (Å²) in [6, 6.07) is 3.13. The highest BCUT2D eigenvalue weighted by atomic mass is 16.7. The van der Waals surface area contributed by atoms with E-state index in [4.69, 9.17) is 18.6 Å². The van der Waals surface area contributed by atoms with Crippen LogP contribution in [-0.4, -0.2) is 52.8 Å². The molecule has 200 valence electrons. The number of aliphatic hydroxyl groups is 1. The monoisotopic (exact) mass is 514 g/mol. The van der Waals surface area contributed by atoms with Gasteiger partial charge >= 0.3 is 17.6 Å². The van der Waals surface area contributed by atoms with Gasteiger partial charge in [0, 0.05) is 37.7 Å². The molecule has 6 rings (SSSR count). The zero-order chi connectivity index (χ0) is 26.4. The number of ether oxygens (including phenoxy) is 3. The Morgan fingerprint density at radius 1 is 1.05 bits per heavy atom. The maximum atomic E-state index is 12.9. The normalized spacial score (nSPS) is 47.5. The third kappa shape index (κ3) is 3.16. The van der Waals surface area contributed by atoms with Gasteiger partial charge < -0.3 is 28.5 Å². The van der Waals surface area contributed by atoms with Gasteiger partial charge in [-0.15, -0.1) is 0 Å². The van der Waals surface area contributed by atoms with Crippen molar-refractivity contribution >= 4 is 18.2 Å². The number of esters is 2. The Bertz CT molecular complexity index is 1190. The lowest BCUT2D eigenvalue weighted by Crippen LogP contribution is -2.67. The summed E-state index contributed by atoms with van der Waals surface area (Å²) < 4.78 is 23.1. The van der Waals surface area contributed by atoms with Crippen molar-refractivity contribution < 1.29 is 38.1 Å². The van der Waals surface area contributed by atoms with Gasteiger partial charge in [-0.1, -0.05) is 6.92 Å². The van der Waals surface area contributed by atoms with Crippen LogP contribution in [0.3, 0.4) is 0 Å². The molecule has 1 aliphatic heterocycles. The summed E-state index contributed by atoms with van der Waals surface area (Å²) in [4.78, 5) is 48.3. The summed E-state index contributed by atoms with van der Waals surface area (Å²) in [6.45, 7) is 4.91. The Balaban J connectivity index is 1.39. The summed E-state index contributed by atoms with van der Waals surface area (Å²) in [5.74, 6) is -1.12. The van der Waals surface area contributed by atoms with Crippen LogP contribution in [0.5, 0.6) is 0 Å². The molecule has 10 atom stereocenters. The van der Waals surface area contributed by atoms with Crippen LogP contribution < -0.4 is 5.63 Å². The molecule has 1 saturated heterocycles. The molecule has 2 heterocycles. The molecule has 9 heteroatoms. The van der Waals surface area contributed by atoms with Crippen molar-refractivity contribution in [3.05, 3.63) is 34.4 Å². The van der Waals surface area contributed by atoms with E-state index in [1.54, 1.807) is 6.07 Å². The van der Waals surface area contributed by atoms with Gasteiger partial charge in [-0.2, -0.15) is 0 Å². The number of carbonyl (C=O) groups excluding carboxylic acids is 3. The van der Waals surface area contributed by atoms with Crippen molar-refractivity contribution in [3.8, 4) is 0 Å². The molecule has 1 N–H and O–H groups in total. The summed E-state index contributed by atoms with van der Waals surface area (Å²) in [6.07, 6.45) is 4.84. The molecule has 9 nitrogen and oxygen atoms in total. The Labute approximate surface area is 214 Å². The van der Waals surface area contributed by atoms with Crippen molar-refractivity contribution in [3.63, 3.8) is 0 Å². The zero-order valence-corrected chi connectivity index (χ0v) is 21.4. The average Bonchev–Trinajstić information content (AvgIpc) is 3.53. The van der Waals surface area contributed by atoms with E-state index in [-0.39, 0.29) is 36.2 Å². The summed E-state index contributed by atoms with van der Waals surface area (Å²) in [5.41, 5.74) is -2.89. The molecular formula is C28H34O9. The maximum Gasteiger partial charge on any atom is 0.335 e. The summed E-state index contributed by atoms with van der Waals surface area (Å²) in [5, 5.41) is 11.9. The number of carbonyl (C=O) groups is 3. The number of hydrogen-bond acceptors (Lipinski definition) is 9. The summed E-state index contributed by atoms with van der Waals surface area (Å²) in [7, 11) is 0. The molecule has 4 aliphatic carbocycles. The molecule has 5 aliphatic rings. The van der Waals surface area contributed by atoms with Gasteiger partial charge in [-0.05, 0) is 62.0 Å². The molecule has 0 radical (unpaired) electrons. The SMILES string of the molecule is CC(=O)OC1CCC2(C=O)C3CCC4(C)C(c5ccc(=O)oc5)C(OC(C)=O)C5OC54C3CCC2(O)C1. The predicted molar refractivity (Wildman–Crippen MR) is 127 cm³/mol. The van der Waals surface area contributed by atoms with Crippen molar-refractivity contribution in [2.45, 2.75) is 101 Å². The first-order valence-corrected chi connectivity index (χ1v) is 13.3. The van der Waals surface area contributed by atoms with E-state index in [0.29, 0.717) is 38.5 Å². The molecule has 4 saturated carbocycles. The Hall–Kier alpha value is -2.52. The average molecular weight is 515 g/mol. The number of epoxide rings is 1. The highest BCUT2D eigenvalue weighted by molar-refractivity contribution is 5.68. The fourth-order valence-electron chi connectivity index (χ4n) is 9.36. The number of hydrogen-bond donors (Lipinski definition) is 1. The molecule has 0 amide bonds. The lowest BCUT2D eigenvalue weighted by Gasteiger charge is -2.62. The largest absolute Gasteiger partial charge is 0.462 e. The minimum absolute atomic E-state index is 0.00854. The van der Waals surface area contributed by atoms with Crippen LogP contribution in [0, 0.1) is 22.7 Å². The molecule has 0 aromatic carbocycles. The second kappa shape index (κ2) is 7.99. The van der Waals surface area contributed by atoms with Crippen LogP contribution in [0.25, 0.3) is 0 Å². The second-order valence-corrected chi connectivity index (χ2v) is 12.1. The highest BCUT2D eigenvalue weighted by Gasteiger charge is 2.85. The lowest BCUT2D eigenvalue weighted by molar-refractivity contribution is -0.223. The highest BCUT2D eigenvalue weighted by Crippen LogP contribution is 2.78. The van der Waals surface area contributed by atoms with E-state index >= 15 is 0 Å². The first-order valence-electron chi connectivity index (χ1n) is 13.3. The fourth-order valence-corrected chi connectivity index (χ4v) is 9.36. The van der Waals surface area contributed by atoms with Crippen molar-refractivity contribution in [1.29, 1.82) is 0 Å². The van der Waals surface area contributed by atoms with Gasteiger partial charge in [0.15, 0.2) is 0 Å². The van der Waals surface area contributed by atoms with Crippen LogP contribution in [0.4, 0.5) is 0 Å². The van der Waals surface area contributed by atoms with Gasteiger partial charge in [-0.25, -0.2) is 4.79 Å².